The molecule has 0 N–H and O–H groups in total. The molecule has 74 valence electrons. The van der Waals surface area contributed by atoms with Crippen LogP contribution in [0.4, 0.5) is 0 Å². The zero-order chi connectivity index (χ0) is 10.0. The summed E-state index contributed by atoms with van der Waals surface area (Å²) in [7, 11) is 1.39. The minimum Gasteiger partial charge on any atom is -0.476 e. The van der Waals surface area contributed by atoms with Crippen LogP contribution in [-0.2, 0) is 9.53 Å². The zero-order valence-electron chi connectivity index (χ0n) is 8.03. The summed E-state index contributed by atoms with van der Waals surface area (Å²) in [5, 5.41) is 0. The Morgan fingerprint density at radius 3 is 2.43 bits per heavy atom. The van der Waals surface area contributed by atoms with Crippen molar-refractivity contribution in [2.45, 2.75) is 18.4 Å². The largest absolute Gasteiger partial charge is 0.476 e. The number of methoxy groups -OCH3 is 1. The third-order valence-electron chi connectivity index (χ3n) is 2.32. The van der Waals surface area contributed by atoms with Crippen LogP contribution < -0.4 is 4.74 Å². The van der Waals surface area contributed by atoms with Crippen molar-refractivity contribution in [2.75, 3.05) is 7.11 Å². The third kappa shape index (κ3) is 1.58. The molecule has 1 aromatic rings. The fraction of sp³-hybridized carbons (Fsp3) is 0.364. The second-order valence-corrected chi connectivity index (χ2v) is 3.40. The predicted molar refractivity (Wildman–Crippen MR) is 51.1 cm³/mol. The van der Waals surface area contributed by atoms with Gasteiger partial charge in [-0.3, -0.25) is 0 Å². The summed E-state index contributed by atoms with van der Waals surface area (Å²) < 4.78 is 10.3. The van der Waals surface area contributed by atoms with E-state index in [4.69, 9.17) is 4.74 Å². The van der Waals surface area contributed by atoms with E-state index in [1.54, 1.807) is 0 Å². The van der Waals surface area contributed by atoms with Gasteiger partial charge in [-0.25, -0.2) is 4.79 Å². The maximum Gasteiger partial charge on any atom is 0.350 e. The lowest BCUT2D eigenvalue weighted by Crippen LogP contribution is -2.30. The van der Waals surface area contributed by atoms with Gasteiger partial charge in [0, 0.05) is 12.8 Å². The van der Waals surface area contributed by atoms with Crippen molar-refractivity contribution in [1.29, 1.82) is 0 Å². The minimum absolute atomic E-state index is 0.277. The molecule has 0 saturated heterocycles. The maximum absolute atomic E-state index is 11.4. The summed E-state index contributed by atoms with van der Waals surface area (Å²) in [6.45, 7) is 0. The van der Waals surface area contributed by atoms with E-state index in [9.17, 15) is 4.79 Å². The Morgan fingerprint density at radius 1 is 1.29 bits per heavy atom. The number of esters is 1. The molecule has 2 rings (SSSR count). The summed E-state index contributed by atoms with van der Waals surface area (Å²) >= 11 is 0. The van der Waals surface area contributed by atoms with E-state index >= 15 is 0 Å². The van der Waals surface area contributed by atoms with E-state index in [1.807, 2.05) is 30.3 Å². The number of hydrogen-bond donors (Lipinski definition) is 0. The number of para-hydroxylation sites is 1. The average Bonchev–Trinajstić information content (AvgIpc) is 2.99. The molecule has 0 radical (unpaired) electrons. The summed E-state index contributed by atoms with van der Waals surface area (Å²) in [6.07, 6.45) is 1.49. The van der Waals surface area contributed by atoms with E-state index in [0.29, 0.717) is 0 Å². The van der Waals surface area contributed by atoms with Crippen molar-refractivity contribution < 1.29 is 14.3 Å². The molecule has 0 heterocycles. The van der Waals surface area contributed by atoms with Crippen LogP contribution in [-0.4, -0.2) is 18.7 Å². The van der Waals surface area contributed by atoms with E-state index < -0.39 is 5.60 Å². The highest BCUT2D eigenvalue weighted by Crippen LogP contribution is 2.41. The van der Waals surface area contributed by atoms with Crippen LogP contribution in [0, 0.1) is 0 Å². The molecule has 3 heteroatoms. The number of carbonyl (C=O) groups excluding carboxylic acids is 1. The molecule has 0 unspecified atom stereocenters. The van der Waals surface area contributed by atoms with Gasteiger partial charge in [-0.1, -0.05) is 18.2 Å². The van der Waals surface area contributed by atoms with Crippen LogP contribution in [0.15, 0.2) is 30.3 Å². The van der Waals surface area contributed by atoms with Gasteiger partial charge in [0.25, 0.3) is 0 Å². The topological polar surface area (TPSA) is 35.5 Å². The third-order valence-corrected chi connectivity index (χ3v) is 2.32. The molecule has 1 aromatic carbocycles. The summed E-state index contributed by atoms with van der Waals surface area (Å²) in [4.78, 5) is 11.4. The van der Waals surface area contributed by atoms with Gasteiger partial charge in [0.1, 0.15) is 5.75 Å². The average molecular weight is 192 g/mol. The van der Waals surface area contributed by atoms with Gasteiger partial charge < -0.3 is 9.47 Å². The van der Waals surface area contributed by atoms with Crippen molar-refractivity contribution >= 4 is 5.97 Å². The number of benzene rings is 1. The summed E-state index contributed by atoms with van der Waals surface area (Å²) in [5.41, 5.74) is -0.698. The van der Waals surface area contributed by atoms with E-state index in [2.05, 4.69) is 4.74 Å². The Morgan fingerprint density at radius 2 is 1.93 bits per heavy atom. The minimum atomic E-state index is -0.698. The van der Waals surface area contributed by atoms with Crippen molar-refractivity contribution in [3.05, 3.63) is 30.3 Å². The molecule has 14 heavy (non-hydrogen) atoms. The van der Waals surface area contributed by atoms with Gasteiger partial charge in [0.2, 0.25) is 5.60 Å². The van der Waals surface area contributed by atoms with Crippen LogP contribution in [0.25, 0.3) is 0 Å². The molecule has 0 aliphatic heterocycles. The summed E-state index contributed by atoms with van der Waals surface area (Å²) in [5.74, 6) is 0.441. The number of hydrogen-bond acceptors (Lipinski definition) is 3. The molecule has 0 bridgehead atoms. The Kier molecular flexibility index (Phi) is 2.15. The highest BCUT2D eigenvalue weighted by Gasteiger charge is 2.54. The number of carbonyl (C=O) groups is 1. The first-order valence-electron chi connectivity index (χ1n) is 4.59. The monoisotopic (exact) mass is 192 g/mol. The van der Waals surface area contributed by atoms with Crippen LogP contribution in [0.2, 0.25) is 0 Å². The maximum atomic E-state index is 11.4. The number of rotatable bonds is 3. The summed E-state index contributed by atoms with van der Waals surface area (Å²) in [6, 6.07) is 9.34. The molecule has 0 aromatic heterocycles. The first-order chi connectivity index (χ1) is 6.77. The Labute approximate surface area is 82.6 Å². The highest BCUT2D eigenvalue weighted by molar-refractivity contribution is 5.83. The number of ether oxygens (including phenoxy) is 2. The molecular weight excluding hydrogens is 180 g/mol. The van der Waals surface area contributed by atoms with Crippen LogP contribution in [0.1, 0.15) is 12.8 Å². The molecule has 0 amide bonds. The fourth-order valence-electron chi connectivity index (χ4n) is 1.36. The van der Waals surface area contributed by atoms with Gasteiger partial charge in [0.15, 0.2) is 0 Å². The SMILES string of the molecule is COC(=O)C1(Oc2ccccc2)CC1. The molecule has 0 atom stereocenters. The lowest BCUT2D eigenvalue weighted by atomic mass is 10.3. The van der Waals surface area contributed by atoms with Crippen LogP contribution >= 0.6 is 0 Å². The van der Waals surface area contributed by atoms with Crippen molar-refractivity contribution in [2.24, 2.45) is 0 Å². The molecule has 1 aliphatic rings. The molecule has 3 nitrogen and oxygen atoms in total. The Balaban J connectivity index is 2.08. The Hall–Kier alpha value is -1.51. The first-order valence-corrected chi connectivity index (χ1v) is 4.59. The highest BCUT2D eigenvalue weighted by atomic mass is 16.6. The standard InChI is InChI=1S/C11H12O3/c1-13-10(12)11(7-8-11)14-9-5-3-2-4-6-9/h2-6H,7-8H2,1H3. The van der Waals surface area contributed by atoms with Crippen LogP contribution in [0.3, 0.4) is 0 Å². The van der Waals surface area contributed by atoms with E-state index in [-0.39, 0.29) is 5.97 Å². The molecule has 1 fully saturated rings. The van der Waals surface area contributed by atoms with Gasteiger partial charge in [0.05, 0.1) is 7.11 Å². The normalized spacial score (nSPS) is 17.2. The van der Waals surface area contributed by atoms with Gasteiger partial charge >= 0.3 is 5.97 Å². The quantitative estimate of drug-likeness (QED) is 0.685. The van der Waals surface area contributed by atoms with Gasteiger partial charge in [-0.2, -0.15) is 0 Å². The molecule has 1 saturated carbocycles. The molecule has 0 spiro atoms. The van der Waals surface area contributed by atoms with Crippen molar-refractivity contribution in [3.63, 3.8) is 0 Å². The van der Waals surface area contributed by atoms with Crippen LogP contribution in [0.5, 0.6) is 5.75 Å². The van der Waals surface area contributed by atoms with E-state index in [1.165, 1.54) is 7.11 Å². The van der Waals surface area contributed by atoms with Crippen molar-refractivity contribution in [3.8, 4) is 5.75 Å². The second-order valence-electron chi connectivity index (χ2n) is 3.40. The first kappa shape index (κ1) is 9.06. The predicted octanol–water partition coefficient (Wildman–Crippen LogP) is 1.77. The van der Waals surface area contributed by atoms with Gasteiger partial charge in [-0.05, 0) is 12.1 Å². The van der Waals surface area contributed by atoms with Gasteiger partial charge in [-0.15, -0.1) is 0 Å². The smallest absolute Gasteiger partial charge is 0.350 e. The lowest BCUT2D eigenvalue weighted by Gasteiger charge is -2.14. The molecular formula is C11H12O3. The fourth-order valence-corrected chi connectivity index (χ4v) is 1.36. The second kappa shape index (κ2) is 3.33. The zero-order valence-corrected chi connectivity index (χ0v) is 8.03. The molecule has 1 aliphatic carbocycles. The lowest BCUT2D eigenvalue weighted by molar-refractivity contribution is -0.151. The Bertz CT molecular complexity index is 328. The van der Waals surface area contributed by atoms with Crippen molar-refractivity contribution in [1.82, 2.24) is 0 Å². The van der Waals surface area contributed by atoms with E-state index in [0.717, 1.165) is 18.6 Å².